The first kappa shape index (κ1) is 25.8. The highest BCUT2D eigenvalue weighted by atomic mass is 32.1. The number of pyridine rings is 3. The molecule has 4 aromatic heterocycles. The maximum Gasteiger partial charge on any atom is 0.0893 e. The number of thiophene rings is 1. The summed E-state index contributed by atoms with van der Waals surface area (Å²) in [5.74, 6) is 0. The first-order valence-corrected chi connectivity index (χ1v) is 15.8. The predicted molar refractivity (Wildman–Crippen MR) is 189 cm³/mol. The van der Waals surface area contributed by atoms with Gasteiger partial charge in [0, 0.05) is 53.7 Å². The molecular formula is C41H25N3S. The van der Waals surface area contributed by atoms with E-state index in [-0.39, 0.29) is 0 Å². The number of para-hydroxylation sites is 1. The zero-order valence-corrected chi connectivity index (χ0v) is 25.0. The van der Waals surface area contributed by atoms with Crippen molar-refractivity contribution in [3.63, 3.8) is 0 Å². The Hall–Kier alpha value is -5.71. The van der Waals surface area contributed by atoms with Crippen molar-refractivity contribution >= 4 is 53.2 Å². The van der Waals surface area contributed by atoms with Gasteiger partial charge in [0.15, 0.2) is 0 Å². The summed E-state index contributed by atoms with van der Waals surface area (Å²) >= 11 is 1.87. The number of aromatic nitrogens is 3. The van der Waals surface area contributed by atoms with Crippen LogP contribution in [-0.2, 0) is 0 Å². The zero-order chi connectivity index (χ0) is 29.7. The molecule has 0 saturated carbocycles. The van der Waals surface area contributed by atoms with Gasteiger partial charge in [-0.25, -0.2) is 9.97 Å². The number of rotatable bonds is 4. The number of fused-ring (bicyclic) bond motifs is 7. The topological polar surface area (TPSA) is 38.7 Å². The van der Waals surface area contributed by atoms with E-state index in [1.807, 2.05) is 47.7 Å². The molecule has 45 heavy (non-hydrogen) atoms. The Balaban J connectivity index is 1.15. The summed E-state index contributed by atoms with van der Waals surface area (Å²) in [4.78, 5) is 14.6. The van der Waals surface area contributed by atoms with Crippen LogP contribution in [-0.4, -0.2) is 15.0 Å². The second kappa shape index (κ2) is 10.5. The molecule has 4 heterocycles. The van der Waals surface area contributed by atoms with Crippen molar-refractivity contribution in [2.24, 2.45) is 0 Å². The Labute approximate surface area is 264 Å². The molecule has 210 valence electrons. The van der Waals surface area contributed by atoms with Crippen LogP contribution in [0.3, 0.4) is 0 Å². The van der Waals surface area contributed by atoms with Gasteiger partial charge in [-0.15, -0.1) is 11.3 Å². The molecule has 0 N–H and O–H groups in total. The fourth-order valence-corrected chi connectivity index (χ4v) is 7.63. The molecule has 0 amide bonds. The molecular weight excluding hydrogens is 567 g/mol. The predicted octanol–water partition coefficient (Wildman–Crippen LogP) is 11.2. The number of nitrogens with zero attached hydrogens (tertiary/aromatic N) is 3. The summed E-state index contributed by atoms with van der Waals surface area (Å²) in [6, 6.07) is 51.1. The SMILES string of the molecule is c1ccc(-c2cccc(-c3ccc(-c4cccc(-c5nc6ccccc6c6c5ccc5c7ccccc7sc56)c4)cc3)n2)nc1. The minimum Gasteiger partial charge on any atom is -0.255 e. The van der Waals surface area contributed by atoms with Crippen LogP contribution in [0.2, 0.25) is 0 Å². The van der Waals surface area contributed by atoms with Gasteiger partial charge >= 0.3 is 0 Å². The summed E-state index contributed by atoms with van der Waals surface area (Å²) in [6.45, 7) is 0. The number of hydrogen-bond donors (Lipinski definition) is 0. The first-order chi connectivity index (χ1) is 22.3. The summed E-state index contributed by atoms with van der Waals surface area (Å²) < 4.78 is 2.63. The highest BCUT2D eigenvalue weighted by Gasteiger charge is 2.16. The average molecular weight is 592 g/mol. The lowest BCUT2D eigenvalue weighted by Crippen LogP contribution is -1.91. The van der Waals surface area contributed by atoms with Crippen LogP contribution in [0.25, 0.3) is 86.9 Å². The van der Waals surface area contributed by atoms with Gasteiger partial charge < -0.3 is 0 Å². The molecule has 0 aliphatic rings. The number of hydrogen-bond acceptors (Lipinski definition) is 4. The second-order valence-electron chi connectivity index (χ2n) is 11.2. The fraction of sp³-hybridized carbons (Fsp3) is 0. The Morgan fingerprint density at radius 2 is 1.13 bits per heavy atom. The Kier molecular flexibility index (Phi) is 6.00. The van der Waals surface area contributed by atoms with E-state index in [1.54, 1.807) is 6.20 Å². The maximum absolute atomic E-state index is 5.25. The molecule has 0 atom stereocenters. The van der Waals surface area contributed by atoms with Crippen LogP contribution >= 0.6 is 11.3 Å². The van der Waals surface area contributed by atoms with Gasteiger partial charge in [0.2, 0.25) is 0 Å². The van der Waals surface area contributed by atoms with Gasteiger partial charge in [0.05, 0.1) is 28.3 Å². The second-order valence-corrected chi connectivity index (χ2v) is 12.3. The third-order valence-electron chi connectivity index (χ3n) is 8.53. The minimum absolute atomic E-state index is 0.868. The molecule has 0 spiro atoms. The van der Waals surface area contributed by atoms with Gasteiger partial charge in [-0.2, -0.15) is 0 Å². The highest BCUT2D eigenvalue weighted by molar-refractivity contribution is 7.26. The molecule has 0 fully saturated rings. The van der Waals surface area contributed by atoms with Crippen LogP contribution in [0.5, 0.6) is 0 Å². The van der Waals surface area contributed by atoms with Crippen LogP contribution in [0.15, 0.2) is 152 Å². The van der Waals surface area contributed by atoms with Crippen molar-refractivity contribution in [2.75, 3.05) is 0 Å². The van der Waals surface area contributed by atoms with Gasteiger partial charge in [0.1, 0.15) is 0 Å². The van der Waals surface area contributed by atoms with Gasteiger partial charge in [-0.1, -0.05) is 103 Å². The molecule has 4 heteroatoms. The Bertz CT molecular complexity index is 2530. The molecule has 0 bridgehead atoms. The number of benzene rings is 5. The van der Waals surface area contributed by atoms with Crippen LogP contribution in [0.4, 0.5) is 0 Å². The molecule has 5 aromatic carbocycles. The standard InChI is InChI=1S/C41H25N3S/c1-3-13-35-32(12-1)39-33(23-22-31-30-11-2-4-17-38(30)45-41(31)39)40(44-35)29-10-7-9-28(25-29)26-18-20-27(21-19-26)34-15-8-16-37(43-34)36-14-5-6-24-42-36/h1-25H. The van der Waals surface area contributed by atoms with Crippen molar-refractivity contribution in [2.45, 2.75) is 0 Å². The van der Waals surface area contributed by atoms with E-state index >= 15 is 0 Å². The first-order valence-electron chi connectivity index (χ1n) is 15.0. The van der Waals surface area contributed by atoms with Crippen molar-refractivity contribution in [3.8, 4) is 45.0 Å². The van der Waals surface area contributed by atoms with E-state index < -0.39 is 0 Å². The molecule has 0 radical (unpaired) electrons. The lowest BCUT2D eigenvalue weighted by Gasteiger charge is -2.12. The van der Waals surface area contributed by atoms with E-state index in [2.05, 4.69) is 114 Å². The molecule has 9 rings (SSSR count). The molecule has 0 saturated heterocycles. The van der Waals surface area contributed by atoms with Crippen molar-refractivity contribution in [1.29, 1.82) is 0 Å². The van der Waals surface area contributed by atoms with Gasteiger partial charge in [0.25, 0.3) is 0 Å². The van der Waals surface area contributed by atoms with Crippen LogP contribution in [0, 0.1) is 0 Å². The monoisotopic (exact) mass is 591 g/mol. The smallest absolute Gasteiger partial charge is 0.0893 e. The maximum atomic E-state index is 5.25. The van der Waals surface area contributed by atoms with E-state index in [9.17, 15) is 0 Å². The van der Waals surface area contributed by atoms with E-state index in [0.717, 1.165) is 50.5 Å². The van der Waals surface area contributed by atoms with Gasteiger partial charge in [-0.3, -0.25) is 4.98 Å². The largest absolute Gasteiger partial charge is 0.255 e. The molecule has 0 aliphatic heterocycles. The molecule has 3 nitrogen and oxygen atoms in total. The lowest BCUT2D eigenvalue weighted by atomic mass is 9.95. The highest BCUT2D eigenvalue weighted by Crippen LogP contribution is 2.43. The third-order valence-corrected chi connectivity index (χ3v) is 9.74. The summed E-state index contributed by atoms with van der Waals surface area (Å²) in [5.41, 5.74) is 9.18. The third kappa shape index (κ3) is 4.38. The minimum atomic E-state index is 0.868. The quantitative estimate of drug-likeness (QED) is 0.191. The van der Waals surface area contributed by atoms with Crippen LogP contribution < -0.4 is 0 Å². The summed E-state index contributed by atoms with van der Waals surface area (Å²) in [6.07, 6.45) is 1.80. The Morgan fingerprint density at radius 1 is 0.422 bits per heavy atom. The van der Waals surface area contributed by atoms with Crippen LogP contribution in [0.1, 0.15) is 0 Å². The summed E-state index contributed by atoms with van der Waals surface area (Å²) in [7, 11) is 0. The van der Waals surface area contributed by atoms with Crippen molar-refractivity contribution in [3.05, 3.63) is 152 Å². The van der Waals surface area contributed by atoms with E-state index in [1.165, 1.54) is 36.3 Å². The lowest BCUT2D eigenvalue weighted by molar-refractivity contribution is 1.25. The molecule has 9 aromatic rings. The normalized spacial score (nSPS) is 11.6. The zero-order valence-electron chi connectivity index (χ0n) is 24.2. The average Bonchev–Trinajstić information content (AvgIpc) is 3.51. The van der Waals surface area contributed by atoms with Crippen molar-refractivity contribution < 1.29 is 0 Å². The summed E-state index contributed by atoms with van der Waals surface area (Å²) in [5, 5.41) is 6.27. The van der Waals surface area contributed by atoms with Crippen molar-refractivity contribution in [1.82, 2.24) is 15.0 Å². The fourth-order valence-electron chi connectivity index (χ4n) is 6.37. The Morgan fingerprint density at radius 3 is 2.02 bits per heavy atom. The van der Waals surface area contributed by atoms with E-state index in [0.29, 0.717) is 0 Å². The van der Waals surface area contributed by atoms with E-state index in [4.69, 9.17) is 9.97 Å². The molecule has 0 unspecified atom stereocenters. The van der Waals surface area contributed by atoms with Gasteiger partial charge in [-0.05, 0) is 53.6 Å². The molecule has 0 aliphatic carbocycles.